The monoisotopic (exact) mass is 453 g/mol. The number of anilines is 1. The molecule has 156 valence electrons. The summed E-state index contributed by atoms with van der Waals surface area (Å²) in [5.41, 5.74) is -0.269. The summed E-state index contributed by atoms with van der Waals surface area (Å²) in [5, 5.41) is 0. The van der Waals surface area contributed by atoms with Crippen molar-refractivity contribution in [2.24, 2.45) is 0 Å². The third-order valence-electron chi connectivity index (χ3n) is 3.96. The van der Waals surface area contributed by atoms with Gasteiger partial charge < -0.3 is 9.47 Å². The zero-order valence-corrected chi connectivity index (χ0v) is 17.3. The second kappa shape index (κ2) is 8.49. The van der Waals surface area contributed by atoms with Gasteiger partial charge in [-0.3, -0.25) is 14.5 Å². The average Bonchev–Trinajstić information content (AvgIpc) is 2.95. The van der Waals surface area contributed by atoms with Crippen molar-refractivity contribution in [3.05, 3.63) is 58.5 Å². The van der Waals surface area contributed by atoms with Crippen LogP contribution in [0, 0.1) is 0 Å². The molecule has 5 nitrogen and oxygen atoms in total. The third kappa shape index (κ3) is 4.65. The number of nitrogens with zero attached hydrogens (tertiary/aromatic N) is 1. The van der Waals surface area contributed by atoms with Gasteiger partial charge in [-0.05, 0) is 42.0 Å². The number of rotatable bonds is 4. The summed E-state index contributed by atoms with van der Waals surface area (Å²) < 4.78 is 49.3. The summed E-state index contributed by atoms with van der Waals surface area (Å²) in [6.45, 7) is 1.26. The van der Waals surface area contributed by atoms with Gasteiger partial charge in [0.2, 0.25) is 0 Å². The highest BCUT2D eigenvalue weighted by molar-refractivity contribution is 8.27. The van der Waals surface area contributed by atoms with Crippen LogP contribution >= 0.6 is 24.0 Å². The molecule has 2 aromatic carbocycles. The Kier molecular flexibility index (Phi) is 6.18. The lowest BCUT2D eigenvalue weighted by Gasteiger charge is -2.16. The van der Waals surface area contributed by atoms with Gasteiger partial charge in [0.15, 0.2) is 15.8 Å². The van der Waals surface area contributed by atoms with E-state index in [1.165, 1.54) is 38.3 Å². The molecule has 1 amide bonds. The van der Waals surface area contributed by atoms with Gasteiger partial charge in [-0.1, -0.05) is 36.1 Å². The van der Waals surface area contributed by atoms with Gasteiger partial charge in [-0.25, -0.2) is 0 Å². The van der Waals surface area contributed by atoms with Crippen LogP contribution < -0.4 is 14.4 Å². The minimum Gasteiger partial charge on any atom is -0.493 e. The number of carbonyl (C=O) groups excluding carboxylic acids is 2. The number of esters is 1. The maximum atomic E-state index is 13.0. The molecule has 10 heteroatoms. The van der Waals surface area contributed by atoms with Crippen LogP contribution in [0.4, 0.5) is 18.9 Å². The molecular weight excluding hydrogens is 439 g/mol. The second-order valence-electron chi connectivity index (χ2n) is 6.07. The summed E-state index contributed by atoms with van der Waals surface area (Å²) in [6.07, 6.45) is -3.00. The number of halogens is 3. The van der Waals surface area contributed by atoms with E-state index in [1.807, 2.05) is 0 Å². The molecule has 0 N–H and O–H groups in total. The van der Waals surface area contributed by atoms with Crippen molar-refractivity contribution in [1.82, 2.24) is 0 Å². The lowest BCUT2D eigenvalue weighted by atomic mass is 10.1. The predicted octanol–water partition coefficient (Wildman–Crippen LogP) is 5.05. The number of hydrogen-bond acceptors (Lipinski definition) is 6. The number of thioether (sulfide) groups is 1. The predicted molar refractivity (Wildman–Crippen MR) is 111 cm³/mol. The Hall–Kier alpha value is -2.85. The first-order chi connectivity index (χ1) is 14.1. The number of carbonyl (C=O) groups is 2. The van der Waals surface area contributed by atoms with Crippen LogP contribution in [0.1, 0.15) is 18.1 Å². The lowest BCUT2D eigenvalue weighted by Crippen LogP contribution is -2.27. The number of hydrogen-bond donors (Lipinski definition) is 0. The summed E-state index contributed by atoms with van der Waals surface area (Å²) in [5.74, 6) is -0.540. The Labute approximate surface area is 179 Å². The van der Waals surface area contributed by atoms with E-state index in [9.17, 15) is 22.8 Å². The van der Waals surface area contributed by atoms with E-state index >= 15 is 0 Å². The molecule has 0 aliphatic carbocycles. The van der Waals surface area contributed by atoms with Gasteiger partial charge in [-0.2, -0.15) is 13.2 Å². The molecular formula is C20H14F3NO4S2. The Morgan fingerprint density at radius 3 is 2.53 bits per heavy atom. The molecule has 0 bridgehead atoms. The molecule has 1 aliphatic rings. The van der Waals surface area contributed by atoms with Crippen LogP contribution in [0.2, 0.25) is 0 Å². The third-order valence-corrected chi connectivity index (χ3v) is 5.27. The number of methoxy groups -OCH3 is 1. The van der Waals surface area contributed by atoms with E-state index in [4.69, 9.17) is 21.7 Å². The van der Waals surface area contributed by atoms with Gasteiger partial charge in [0.1, 0.15) is 0 Å². The van der Waals surface area contributed by atoms with E-state index in [1.54, 1.807) is 12.1 Å². The van der Waals surface area contributed by atoms with Crippen LogP contribution in [-0.4, -0.2) is 23.3 Å². The molecule has 1 fully saturated rings. The number of amides is 1. The van der Waals surface area contributed by atoms with Crippen molar-refractivity contribution >= 4 is 51.9 Å². The maximum absolute atomic E-state index is 13.0. The Balaban J connectivity index is 1.91. The second-order valence-corrected chi connectivity index (χ2v) is 7.74. The summed E-state index contributed by atoms with van der Waals surface area (Å²) >= 11 is 6.18. The zero-order valence-electron chi connectivity index (χ0n) is 15.6. The van der Waals surface area contributed by atoms with Gasteiger partial charge in [0, 0.05) is 6.92 Å². The van der Waals surface area contributed by atoms with Crippen molar-refractivity contribution in [3.63, 3.8) is 0 Å². The van der Waals surface area contributed by atoms with Crippen LogP contribution in [0.5, 0.6) is 11.5 Å². The fourth-order valence-electron chi connectivity index (χ4n) is 2.68. The fraction of sp³-hybridized carbons (Fsp3) is 0.150. The van der Waals surface area contributed by atoms with Crippen molar-refractivity contribution < 1.29 is 32.2 Å². The molecule has 0 spiro atoms. The normalized spacial score (nSPS) is 15.6. The smallest absolute Gasteiger partial charge is 0.416 e. The number of benzene rings is 2. The molecule has 1 heterocycles. The lowest BCUT2D eigenvalue weighted by molar-refractivity contribution is -0.137. The highest BCUT2D eigenvalue weighted by Gasteiger charge is 2.36. The van der Waals surface area contributed by atoms with Crippen LogP contribution in [-0.2, 0) is 15.8 Å². The van der Waals surface area contributed by atoms with Gasteiger partial charge >= 0.3 is 12.1 Å². The largest absolute Gasteiger partial charge is 0.493 e. The van der Waals surface area contributed by atoms with E-state index in [-0.39, 0.29) is 26.4 Å². The molecule has 30 heavy (non-hydrogen) atoms. The molecule has 0 radical (unpaired) electrons. The van der Waals surface area contributed by atoms with Crippen molar-refractivity contribution in [2.45, 2.75) is 13.1 Å². The topological polar surface area (TPSA) is 55.8 Å². The Morgan fingerprint density at radius 1 is 1.17 bits per heavy atom. The number of thiocarbonyl (C=S) groups is 1. The molecule has 1 aliphatic heterocycles. The number of alkyl halides is 3. The first-order valence-corrected chi connectivity index (χ1v) is 9.64. The zero-order chi connectivity index (χ0) is 22.1. The first kappa shape index (κ1) is 21.8. The standard InChI is InChI=1S/C20H14F3NO4S2/c1-11(25)28-15-7-6-12(8-16(15)27-2)9-17-18(26)24(19(29)30-17)14-5-3-4-13(10-14)20(21,22)23/h3-10H,1-2H3/b17-9+. The van der Waals surface area contributed by atoms with Crippen LogP contribution in [0.25, 0.3) is 6.08 Å². The van der Waals surface area contributed by atoms with Crippen LogP contribution in [0.15, 0.2) is 47.4 Å². The van der Waals surface area contributed by atoms with Crippen molar-refractivity contribution in [2.75, 3.05) is 12.0 Å². The van der Waals surface area contributed by atoms with E-state index in [0.29, 0.717) is 5.56 Å². The molecule has 0 unspecified atom stereocenters. The maximum Gasteiger partial charge on any atom is 0.416 e. The summed E-state index contributed by atoms with van der Waals surface area (Å²) in [6, 6.07) is 9.10. The first-order valence-electron chi connectivity index (χ1n) is 8.42. The Morgan fingerprint density at radius 2 is 1.90 bits per heavy atom. The quantitative estimate of drug-likeness (QED) is 0.280. The average molecular weight is 453 g/mol. The van der Waals surface area contributed by atoms with E-state index in [0.717, 1.165) is 28.8 Å². The van der Waals surface area contributed by atoms with Gasteiger partial charge in [-0.15, -0.1) is 0 Å². The van der Waals surface area contributed by atoms with Crippen molar-refractivity contribution in [3.8, 4) is 11.5 Å². The highest BCUT2D eigenvalue weighted by atomic mass is 32.2. The summed E-state index contributed by atoms with van der Waals surface area (Å²) in [7, 11) is 1.40. The molecule has 3 rings (SSSR count). The fourth-order valence-corrected chi connectivity index (χ4v) is 3.98. The van der Waals surface area contributed by atoms with Gasteiger partial charge in [0.25, 0.3) is 5.91 Å². The number of ether oxygens (including phenoxy) is 2. The Bertz CT molecular complexity index is 1070. The van der Waals surface area contributed by atoms with E-state index < -0.39 is 23.6 Å². The van der Waals surface area contributed by atoms with E-state index in [2.05, 4.69) is 0 Å². The molecule has 1 saturated heterocycles. The minimum atomic E-state index is -4.54. The minimum absolute atomic E-state index is 0.0403. The highest BCUT2D eigenvalue weighted by Crippen LogP contribution is 2.39. The summed E-state index contributed by atoms with van der Waals surface area (Å²) in [4.78, 5) is 25.3. The molecule has 0 saturated carbocycles. The van der Waals surface area contributed by atoms with Gasteiger partial charge in [0.05, 0.1) is 23.3 Å². The molecule has 0 aromatic heterocycles. The SMILES string of the molecule is COc1cc(/C=C2/SC(=S)N(c3cccc(C(F)(F)F)c3)C2=O)ccc1OC(C)=O. The molecule has 0 atom stereocenters. The van der Waals surface area contributed by atoms with Crippen LogP contribution in [0.3, 0.4) is 0 Å². The molecule has 2 aromatic rings. The van der Waals surface area contributed by atoms with Crippen molar-refractivity contribution in [1.29, 1.82) is 0 Å².